The molecule has 0 saturated heterocycles. The summed E-state index contributed by atoms with van der Waals surface area (Å²) in [5.74, 6) is 0. The predicted octanol–water partition coefficient (Wildman–Crippen LogP) is 8.29. The monoisotopic (exact) mass is 378 g/mol. The van der Waals surface area contributed by atoms with Crippen LogP contribution in [0.5, 0.6) is 0 Å². The van der Waals surface area contributed by atoms with Crippen molar-refractivity contribution in [2.75, 3.05) is 0 Å². The molecule has 0 aliphatic heterocycles. The maximum Gasteiger partial charge on any atom is 0.0443 e. The summed E-state index contributed by atoms with van der Waals surface area (Å²) in [6.07, 6.45) is 0. The van der Waals surface area contributed by atoms with Crippen LogP contribution < -0.4 is 0 Å². The Balaban J connectivity index is 0.000000208. The largest absolute Gasteiger partial charge is 0.0840 e. The van der Waals surface area contributed by atoms with Crippen molar-refractivity contribution in [1.82, 2.24) is 0 Å². The van der Waals surface area contributed by atoms with Crippen LogP contribution in [0.3, 0.4) is 0 Å². The molecule has 3 aromatic rings. The van der Waals surface area contributed by atoms with E-state index in [1.807, 2.05) is 18.2 Å². The lowest BCUT2D eigenvalue weighted by Crippen LogP contribution is -2.12. The van der Waals surface area contributed by atoms with Gasteiger partial charge in [0.2, 0.25) is 0 Å². The van der Waals surface area contributed by atoms with Gasteiger partial charge in [-0.25, -0.2) is 0 Å². The Labute approximate surface area is 170 Å². The lowest BCUT2D eigenvalue weighted by molar-refractivity contribution is 0.590. The number of hydrogen-bond donors (Lipinski definition) is 0. The Morgan fingerprint density at radius 2 is 0.963 bits per heavy atom. The van der Waals surface area contributed by atoms with Crippen molar-refractivity contribution in [3.8, 4) is 11.1 Å². The van der Waals surface area contributed by atoms with E-state index in [9.17, 15) is 0 Å². The summed E-state index contributed by atoms with van der Waals surface area (Å²) < 4.78 is 0. The van der Waals surface area contributed by atoms with Crippen LogP contribution in [0.25, 0.3) is 11.1 Å². The molecule has 0 N–H and O–H groups in total. The Hall–Kier alpha value is -2.05. The first kappa shape index (κ1) is 21.3. The van der Waals surface area contributed by atoms with Gasteiger partial charge in [0.15, 0.2) is 0 Å². The highest BCUT2D eigenvalue weighted by Crippen LogP contribution is 2.32. The molecule has 142 valence electrons. The number of halogens is 1. The molecule has 0 atom stereocenters. The Morgan fingerprint density at radius 1 is 0.519 bits per heavy atom. The third-order valence-corrected chi connectivity index (χ3v) is 4.83. The second-order valence-corrected chi connectivity index (χ2v) is 9.30. The van der Waals surface area contributed by atoms with Crippen LogP contribution in [-0.4, -0.2) is 0 Å². The SMILES string of the molecule is CC(C)(C)c1ccccc1-c1ccccc1.CC(C)(C)c1ccccc1Cl. The first-order valence-corrected chi connectivity index (χ1v) is 9.88. The highest BCUT2D eigenvalue weighted by molar-refractivity contribution is 6.31. The summed E-state index contributed by atoms with van der Waals surface area (Å²) in [7, 11) is 0. The van der Waals surface area contributed by atoms with Crippen LogP contribution in [0.4, 0.5) is 0 Å². The van der Waals surface area contributed by atoms with Crippen molar-refractivity contribution in [2.45, 2.75) is 52.4 Å². The first-order valence-electron chi connectivity index (χ1n) is 9.50. The van der Waals surface area contributed by atoms with Crippen LogP contribution in [0, 0.1) is 0 Å². The summed E-state index contributed by atoms with van der Waals surface area (Å²) >= 11 is 6.01. The lowest BCUT2D eigenvalue weighted by atomic mass is 9.82. The molecule has 0 saturated carbocycles. The summed E-state index contributed by atoms with van der Waals surface area (Å²) in [6.45, 7) is 13.3. The van der Waals surface area contributed by atoms with E-state index in [0.717, 1.165) is 5.02 Å². The fourth-order valence-electron chi connectivity index (χ4n) is 3.08. The van der Waals surface area contributed by atoms with E-state index in [2.05, 4.69) is 102 Å². The van der Waals surface area contributed by atoms with E-state index in [0.29, 0.717) is 0 Å². The van der Waals surface area contributed by atoms with E-state index in [4.69, 9.17) is 11.6 Å². The van der Waals surface area contributed by atoms with Gasteiger partial charge in [-0.1, -0.05) is 126 Å². The second kappa shape index (κ2) is 8.76. The predicted molar refractivity (Wildman–Crippen MR) is 121 cm³/mol. The van der Waals surface area contributed by atoms with Gasteiger partial charge in [-0.15, -0.1) is 0 Å². The highest BCUT2D eigenvalue weighted by Gasteiger charge is 2.17. The summed E-state index contributed by atoms with van der Waals surface area (Å²) in [6, 6.07) is 27.2. The quantitative estimate of drug-likeness (QED) is 0.399. The van der Waals surface area contributed by atoms with Crippen LogP contribution >= 0.6 is 11.6 Å². The van der Waals surface area contributed by atoms with Gasteiger partial charge in [0, 0.05) is 5.02 Å². The number of benzene rings is 3. The number of rotatable bonds is 1. The molecule has 0 nitrogen and oxygen atoms in total. The van der Waals surface area contributed by atoms with Gasteiger partial charge in [0.05, 0.1) is 0 Å². The molecule has 0 fully saturated rings. The van der Waals surface area contributed by atoms with Gasteiger partial charge in [-0.05, 0) is 39.2 Å². The van der Waals surface area contributed by atoms with Gasteiger partial charge in [-0.2, -0.15) is 0 Å². The summed E-state index contributed by atoms with van der Waals surface area (Å²) in [5, 5.41) is 0.861. The van der Waals surface area contributed by atoms with Gasteiger partial charge >= 0.3 is 0 Å². The van der Waals surface area contributed by atoms with Crippen LogP contribution in [-0.2, 0) is 10.8 Å². The van der Waals surface area contributed by atoms with Crippen molar-refractivity contribution >= 4 is 11.6 Å². The van der Waals surface area contributed by atoms with Gasteiger partial charge < -0.3 is 0 Å². The zero-order chi connectivity index (χ0) is 20.1. The second-order valence-electron chi connectivity index (χ2n) is 8.89. The molecule has 0 heterocycles. The molecule has 0 aliphatic rings. The van der Waals surface area contributed by atoms with Crippen LogP contribution in [0.15, 0.2) is 78.9 Å². The third-order valence-electron chi connectivity index (χ3n) is 4.50. The minimum absolute atomic E-state index is 0.151. The minimum Gasteiger partial charge on any atom is -0.0840 e. The van der Waals surface area contributed by atoms with Crippen molar-refractivity contribution in [2.24, 2.45) is 0 Å². The molecule has 3 rings (SSSR count). The zero-order valence-electron chi connectivity index (χ0n) is 17.4. The van der Waals surface area contributed by atoms with E-state index in [1.54, 1.807) is 0 Å². The average Bonchev–Trinajstić information content (AvgIpc) is 2.62. The van der Waals surface area contributed by atoms with Gasteiger partial charge in [0.1, 0.15) is 0 Å². The fourth-order valence-corrected chi connectivity index (χ4v) is 3.50. The molecule has 27 heavy (non-hydrogen) atoms. The molecule has 0 amide bonds. The normalized spacial score (nSPS) is 11.5. The Kier molecular flexibility index (Phi) is 6.89. The Bertz CT molecular complexity index is 849. The standard InChI is InChI=1S/C16H18.C10H13Cl/c1-16(2,3)15-12-8-7-11-14(15)13-9-5-4-6-10-13;1-10(2,3)8-6-4-5-7-9(8)11/h4-12H,1-3H3;4-7H,1-3H3. The van der Waals surface area contributed by atoms with Crippen molar-refractivity contribution in [3.05, 3.63) is 95.0 Å². The first-order chi connectivity index (χ1) is 12.6. The highest BCUT2D eigenvalue weighted by atomic mass is 35.5. The summed E-state index contributed by atoms with van der Waals surface area (Å²) in [5.41, 5.74) is 5.59. The fraction of sp³-hybridized carbons (Fsp3) is 0.308. The van der Waals surface area contributed by atoms with Crippen molar-refractivity contribution in [1.29, 1.82) is 0 Å². The topological polar surface area (TPSA) is 0 Å². The third kappa shape index (κ3) is 5.97. The van der Waals surface area contributed by atoms with E-state index in [-0.39, 0.29) is 10.8 Å². The van der Waals surface area contributed by atoms with Gasteiger partial charge in [0.25, 0.3) is 0 Å². The molecule has 0 aromatic heterocycles. The average molecular weight is 379 g/mol. The lowest BCUT2D eigenvalue weighted by Gasteiger charge is -2.23. The molecule has 1 heteroatoms. The number of hydrogen-bond acceptors (Lipinski definition) is 0. The molecular formula is C26H31Cl. The smallest absolute Gasteiger partial charge is 0.0443 e. The minimum atomic E-state index is 0.151. The molecule has 3 aromatic carbocycles. The maximum atomic E-state index is 6.01. The van der Waals surface area contributed by atoms with Crippen molar-refractivity contribution < 1.29 is 0 Å². The molecular weight excluding hydrogens is 348 g/mol. The maximum absolute atomic E-state index is 6.01. The molecule has 0 aliphatic carbocycles. The van der Waals surface area contributed by atoms with E-state index < -0.39 is 0 Å². The molecule has 0 spiro atoms. The van der Waals surface area contributed by atoms with Gasteiger partial charge in [-0.3, -0.25) is 0 Å². The van der Waals surface area contributed by atoms with E-state index >= 15 is 0 Å². The molecule has 0 bridgehead atoms. The van der Waals surface area contributed by atoms with E-state index in [1.165, 1.54) is 22.3 Å². The van der Waals surface area contributed by atoms with Crippen molar-refractivity contribution in [3.63, 3.8) is 0 Å². The van der Waals surface area contributed by atoms with Crippen LogP contribution in [0.1, 0.15) is 52.7 Å². The summed E-state index contributed by atoms with van der Waals surface area (Å²) in [4.78, 5) is 0. The zero-order valence-corrected chi connectivity index (χ0v) is 18.1. The Morgan fingerprint density at radius 3 is 1.44 bits per heavy atom. The van der Waals surface area contributed by atoms with Crippen LogP contribution in [0.2, 0.25) is 5.02 Å². The molecule has 0 radical (unpaired) electrons. The molecule has 0 unspecified atom stereocenters.